The van der Waals surface area contributed by atoms with Gasteiger partial charge in [0, 0.05) is 16.2 Å². The molecule has 6 nitrogen and oxygen atoms in total. The minimum absolute atomic E-state index is 0.144. The third-order valence-corrected chi connectivity index (χ3v) is 5.41. The maximum Gasteiger partial charge on any atom is 0.291 e. The Balaban J connectivity index is 1.34. The highest BCUT2D eigenvalue weighted by Crippen LogP contribution is 2.23. The van der Waals surface area contributed by atoms with Crippen molar-refractivity contribution in [2.75, 3.05) is 5.32 Å². The van der Waals surface area contributed by atoms with Crippen molar-refractivity contribution in [2.45, 2.75) is 20.1 Å². The fourth-order valence-corrected chi connectivity index (χ4v) is 3.32. The molecule has 4 rings (SSSR count). The van der Waals surface area contributed by atoms with Gasteiger partial charge in [-0.1, -0.05) is 29.3 Å². The van der Waals surface area contributed by atoms with Crippen LogP contribution in [-0.4, -0.2) is 15.7 Å². The number of amides is 1. The molecule has 4 aromatic rings. The molecule has 0 spiro atoms. The maximum atomic E-state index is 13.2. The summed E-state index contributed by atoms with van der Waals surface area (Å²) in [7, 11) is 0. The summed E-state index contributed by atoms with van der Waals surface area (Å²) >= 11 is 12.1. The zero-order valence-electron chi connectivity index (χ0n) is 16.9. The van der Waals surface area contributed by atoms with Crippen molar-refractivity contribution in [2.24, 2.45) is 0 Å². The number of benzene rings is 2. The molecule has 2 aromatic heterocycles. The number of carbonyl (C=O) groups is 1. The molecule has 9 heteroatoms. The number of hydrogen-bond donors (Lipinski definition) is 1. The summed E-state index contributed by atoms with van der Waals surface area (Å²) < 4.78 is 26.0. The minimum atomic E-state index is -0.419. The molecule has 0 aliphatic rings. The topological polar surface area (TPSA) is 69.3 Å². The van der Waals surface area contributed by atoms with Gasteiger partial charge in [0.15, 0.2) is 5.76 Å². The van der Waals surface area contributed by atoms with Crippen LogP contribution in [0, 0.1) is 12.7 Å². The lowest BCUT2D eigenvalue weighted by atomic mass is 10.2. The molecule has 0 fully saturated rings. The molecule has 0 unspecified atom stereocenters. The number of hydrogen-bond acceptors (Lipinski definition) is 4. The molecule has 32 heavy (non-hydrogen) atoms. The van der Waals surface area contributed by atoms with E-state index in [4.69, 9.17) is 32.4 Å². The smallest absolute Gasteiger partial charge is 0.291 e. The van der Waals surface area contributed by atoms with Crippen LogP contribution < -0.4 is 10.1 Å². The summed E-state index contributed by atoms with van der Waals surface area (Å²) in [5, 5.41) is 7.89. The second kappa shape index (κ2) is 9.46. The summed E-state index contributed by atoms with van der Waals surface area (Å²) in [5.74, 6) is 0.481. The Morgan fingerprint density at radius 3 is 2.78 bits per heavy atom. The minimum Gasteiger partial charge on any atom is -0.486 e. The second-order valence-electron chi connectivity index (χ2n) is 7.08. The number of carbonyl (C=O) groups excluding carboxylic acids is 1. The molecule has 0 aliphatic heterocycles. The van der Waals surface area contributed by atoms with Gasteiger partial charge in [-0.3, -0.25) is 9.48 Å². The number of nitrogens with zero attached hydrogens (tertiary/aromatic N) is 2. The van der Waals surface area contributed by atoms with Gasteiger partial charge < -0.3 is 14.5 Å². The van der Waals surface area contributed by atoms with E-state index in [1.807, 2.05) is 13.0 Å². The molecule has 2 heterocycles. The molecule has 1 amide bonds. The van der Waals surface area contributed by atoms with Crippen molar-refractivity contribution in [3.8, 4) is 5.75 Å². The average molecular weight is 474 g/mol. The first kappa shape index (κ1) is 21.9. The van der Waals surface area contributed by atoms with Crippen LogP contribution in [0.3, 0.4) is 0 Å². The van der Waals surface area contributed by atoms with E-state index in [9.17, 15) is 9.18 Å². The molecule has 164 valence electrons. The molecule has 1 N–H and O–H groups in total. The van der Waals surface area contributed by atoms with E-state index in [1.165, 1.54) is 18.3 Å². The van der Waals surface area contributed by atoms with Crippen LogP contribution in [0.1, 0.15) is 27.4 Å². The van der Waals surface area contributed by atoms with Crippen molar-refractivity contribution in [3.05, 3.63) is 99.4 Å². The number of ether oxygens (including phenoxy) is 1. The maximum absolute atomic E-state index is 13.2. The Kier molecular flexibility index (Phi) is 6.48. The summed E-state index contributed by atoms with van der Waals surface area (Å²) in [6.07, 6.45) is 3.15. The Labute approximate surface area is 193 Å². The van der Waals surface area contributed by atoms with Crippen molar-refractivity contribution in [3.63, 3.8) is 0 Å². The van der Waals surface area contributed by atoms with Gasteiger partial charge in [-0.15, -0.1) is 0 Å². The molecule has 0 atom stereocenters. The van der Waals surface area contributed by atoms with E-state index >= 15 is 0 Å². The summed E-state index contributed by atoms with van der Waals surface area (Å²) in [6, 6.07) is 12.8. The summed E-state index contributed by atoms with van der Waals surface area (Å²) in [6.45, 7) is 2.40. The summed E-state index contributed by atoms with van der Waals surface area (Å²) in [5.41, 5.74) is 2.10. The van der Waals surface area contributed by atoms with Crippen LogP contribution in [0.2, 0.25) is 10.0 Å². The predicted octanol–water partition coefficient (Wildman–Crippen LogP) is 6.11. The standard InChI is InChI=1S/C23H18Cl2FN3O3/c1-14-8-18(4-6-20(14)24)31-13-19-5-7-22(32-19)23(30)28-17-10-27-29(12-17)11-15-2-3-16(26)9-21(15)25/h2-10,12H,11,13H2,1H3,(H,28,30). The largest absolute Gasteiger partial charge is 0.486 e. The van der Waals surface area contributed by atoms with Gasteiger partial charge in [-0.05, 0) is 60.5 Å². The molecule has 0 aliphatic carbocycles. The van der Waals surface area contributed by atoms with Crippen LogP contribution in [0.5, 0.6) is 5.75 Å². The quantitative estimate of drug-likeness (QED) is 0.351. The van der Waals surface area contributed by atoms with E-state index < -0.39 is 11.7 Å². The fraction of sp³-hybridized carbons (Fsp3) is 0.130. The number of rotatable bonds is 7. The van der Waals surface area contributed by atoms with Crippen LogP contribution in [-0.2, 0) is 13.2 Å². The van der Waals surface area contributed by atoms with Crippen molar-refractivity contribution in [1.82, 2.24) is 9.78 Å². The molecule has 0 saturated carbocycles. The van der Waals surface area contributed by atoms with E-state index in [0.29, 0.717) is 39.4 Å². The molecule has 0 radical (unpaired) electrons. The lowest BCUT2D eigenvalue weighted by Gasteiger charge is -2.06. The predicted molar refractivity (Wildman–Crippen MR) is 120 cm³/mol. The highest BCUT2D eigenvalue weighted by atomic mass is 35.5. The molecule has 0 saturated heterocycles. The second-order valence-corrected chi connectivity index (χ2v) is 7.90. The van der Waals surface area contributed by atoms with E-state index in [1.54, 1.807) is 41.2 Å². The number of halogens is 3. The number of furan rings is 1. The average Bonchev–Trinajstić information content (AvgIpc) is 3.40. The number of aryl methyl sites for hydroxylation is 1. The first-order valence-corrected chi connectivity index (χ1v) is 10.4. The Hall–Kier alpha value is -3.29. The highest BCUT2D eigenvalue weighted by Gasteiger charge is 2.13. The molecular weight excluding hydrogens is 456 g/mol. The lowest BCUT2D eigenvalue weighted by molar-refractivity contribution is 0.0992. The fourth-order valence-electron chi connectivity index (χ4n) is 2.97. The normalized spacial score (nSPS) is 10.9. The van der Waals surface area contributed by atoms with Crippen LogP contribution in [0.4, 0.5) is 10.1 Å². The Morgan fingerprint density at radius 1 is 1.16 bits per heavy atom. The van der Waals surface area contributed by atoms with Gasteiger partial charge in [0.05, 0.1) is 18.4 Å². The zero-order chi connectivity index (χ0) is 22.7. The highest BCUT2D eigenvalue weighted by molar-refractivity contribution is 6.31. The van der Waals surface area contributed by atoms with Gasteiger partial charge in [-0.25, -0.2) is 4.39 Å². The van der Waals surface area contributed by atoms with E-state index in [-0.39, 0.29) is 12.4 Å². The van der Waals surface area contributed by atoms with Crippen LogP contribution in [0.25, 0.3) is 0 Å². The lowest BCUT2D eigenvalue weighted by Crippen LogP contribution is -2.10. The first-order valence-electron chi connectivity index (χ1n) is 9.63. The van der Waals surface area contributed by atoms with Crippen molar-refractivity contribution >= 4 is 34.8 Å². The van der Waals surface area contributed by atoms with Gasteiger partial charge >= 0.3 is 0 Å². The summed E-state index contributed by atoms with van der Waals surface area (Å²) in [4.78, 5) is 12.5. The molecule has 2 aromatic carbocycles. The first-order chi connectivity index (χ1) is 15.4. The van der Waals surface area contributed by atoms with Crippen LogP contribution in [0.15, 0.2) is 65.3 Å². The van der Waals surface area contributed by atoms with Gasteiger partial charge in [0.1, 0.15) is 23.9 Å². The van der Waals surface area contributed by atoms with Crippen molar-refractivity contribution in [1.29, 1.82) is 0 Å². The van der Waals surface area contributed by atoms with E-state index in [2.05, 4.69) is 10.4 Å². The number of nitrogens with one attached hydrogen (secondary N) is 1. The Morgan fingerprint density at radius 2 is 2.00 bits per heavy atom. The van der Waals surface area contributed by atoms with Crippen LogP contribution >= 0.6 is 23.2 Å². The van der Waals surface area contributed by atoms with Gasteiger partial charge in [0.2, 0.25) is 0 Å². The number of anilines is 1. The molecular formula is C23H18Cl2FN3O3. The van der Waals surface area contributed by atoms with Gasteiger partial charge in [0.25, 0.3) is 5.91 Å². The third-order valence-electron chi connectivity index (χ3n) is 4.63. The SMILES string of the molecule is Cc1cc(OCc2ccc(C(=O)Nc3cnn(Cc4ccc(F)cc4Cl)c3)o2)ccc1Cl. The van der Waals surface area contributed by atoms with Gasteiger partial charge in [-0.2, -0.15) is 5.10 Å². The van der Waals surface area contributed by atoms with E-state index in [0.717, 1.165) is 5.56 Å². The molecule has 0 bridgehead atoms. The Bertz CT molecular complexity index is 1270. The van der Waals surface area contributed by atoms with Crippen molar-refractivity contribution < 1.29 is 18.3 Å². The number of aromatic nitrogens is 2. The third kappa shape index (κ3) is 5.30. The zero-order valence-corrected chi connectivity index (χ0v) is 18.5. The monoisotopic (exact) mass is 473 g/mol.